The Balaban J connectivity index is 0.00000140. The fraction of sp³-hybridized carbons (Fsp3) is 0.350. The molecule has 1 aliphatic heterocycles. The van der Waals surface area contributed by atoms with Crippen molar-refractivity contribution in [3.05, 3.63) is 59.0 Å². The van der Waals surface area contributed by atoms with Crippen LogP contribution in [0.3, 0.4) is 0 Å². The molecule has 3 heterocycles. The molecule has 1 saturated heterocycles. The quantitative estimate of drug-likeness (QED) is 0.689. The number of piperazine rings is 1. The van der Waals surface area contributed by atoms with E-state index >= 15 is 0 Å². The van der Waals surface area contributed by atoms with Gasteiger partial charge in [0.1, 0.15) is 0 Å². The van der Waals surface area contributed by atoms with E-state index in [1.807, 2.05) is 43.4 Å². The zero-order chi connectivity index (χ0) is 18.3. The summed E-state index contributed by atoms with van der Waals surface area (Å²) in [4.78, 5) is 20.0. The predicted molar refractivity (Wildman–Crippen MR) is 116 cm³/mol. The monoisotopic (exact) mass is 421 g/mol. The summed E-state index contributed by atoms with van der Waals surface area (Å²) in [6, 6.07) is 8.10. The lowest BCUT2D eigenvalue weighted by atomic mass is 10.0. The molecule has 1 amide bonds. The van der Waals surface area contributed by atoms with E-state index in [1.54, 1.807) is 4.68 Å². The van der Waals surface area contributed by atoms with Gasteiger partial charge in [-0.25, -0.2) is 0 Å². The molecule has 0 radical (unpaired) electrons. The predicted octanol–water partition coefficient (Wildman–Crippen LogP) is 3.22. The Kier molecular flexibility index (Phi) is 7.04. The summed E-state index contributed by atoms with van der Waals surface area (Å²) in [6.45, 7) is 6.16. The number of aromatic nitrogens is 3. The second kappa shape index (κ2) is 8.90. The summed E-state index contributed by atoms with van der Waals surface area (Å²) in [5.74, 6) is 0.0350. The molecule has 1 atom stereocenters. The Hall–Kier alpha value is -2.15. The summed E-state index contributed by atoms with van der Waals surface area (Å²) in [5, 5.41) is 8.64. The van der Waals surface area contributed by atoms with E-state index in [0.29, 0.717) is 12.1 Å². The minimum Gasteiger partial charge on any atom is -0.329 e. The highest BCUT2D eigenvalue weighted by molar-refractivity contribution is 5.99. The van der Waals surface area contributed by atoms with Gasteiger partial charge in [0.05, 0.1) is 29.0 Å². The zero-order valence-electron chi connectivity index (χ0n) is 16.2. The van der Waals surface area contributed by atoms with E-state index < -0.39 is 0 Å². The van der Waals surface area contributed by atoms with Gasteiger partial charge in [-0.1, -0.05) is 12.1 Å². The number of hydrogen-bond acceptors (Lipinski definition) is 4. The highest BCUT2D eigenvalue weighted by Crippen LogP contribution is 2.26. The molecule has 0 spiro atoms. The van der Waals surface area contributed by atoms with Crippen LogP contribution in [0.4, 0.5) is 0 Å². The molecule has 8 heteroatoms. The van der Waals surface area contributed by atoms with E-state index in [1.165, 1.54) is 5.56 Å². The van der Waals surface area contributed by atoms with Gasteiger partial charge in [-0.3, -0.25) is 14.5 Å². The van der Waals surface area contributed by atoms with Crippen molar-refractivity contribution in [3.63, 3.8) is 0 Å². The Morgan fingerprint density at radius 1 is 1.21 bits per heavy atom. The fourth-order valence-electron chi connectivity index (χ4n) is 3.60. The molecule has 2 aromatic heterocycles. The maximum absolute atomic E-state index is 13.4. The molecule has 4 rings (SSSR count). The number of amides is 1. The third kappa shape index (κ3) is 4.14. The number of carbonyl (C=O) groups is 1. The molecule has 0 bridgehead atoms. The third-order valence-electron chi connectivity index (χ3n) is 5.01. The van der Waals surface area contributed by atoms with E-state index in [2.05, 4.69) is 34.5 Å². The topological polar surface area (TPSA) is 63.1 Å². The maximum Gasteiger partial charge on any atom is 0.256 e. The van der Waals surface area contributed by atoms with Gasteiger partial charge in [0.2, 0.25) is 0 Å². The first kappa shape index (κ1) is 22.1. The average molecular weight is 422 g/mol. The number of halogens is 2. The van der Waals surface area contributed by atoms with Crippen LogP contribution in [0.15, 0.2) is 36.7 Å². The van der Waals surface area contributed by atoms with Gasteiger partial charge in [0, 0.05) is 43.8 Å². The van der Waals surface area contributed by atoms with Crippen LogP contribution in [0.5, 0.6) is 0 Å². The number of hydrogen-bond donors (Lipinski definition) is 1. The second-order valence-corrected chi connectivity index (χ2v) is 6.98. The van der Waals surface area contributed by atoms with Crippen molar-refractivity contribution >= 4 is 41.6 Å². The lowest BCUT2D eigenvalue weighted by molar-refractivity contribution is 0.0633. The van der Waals surface area contributed by atoms with Crippen LogP contribution in [0.1, 0.15) is 33.2 Å². The molecule has 3 aromatic rings. The molecular formula is C20H25Cl2N5O. The van der Waals surface area contributed by atoms with Gasteiger partial charge >= 0.3 is 0 Å². The molecule has 1 N–H and O–H groups in total. The summed E-state index contributed by atoms with van der Waals surface area (Å²) < 4.78 is 1.78. The van der Waals surface area contributed by atoms with Crippen LogP contribution in [-0.4, -0.2) is 45.2 Å². The number of nitrogens with zero attached hydrogens (tertiary/aromatic N) is 4. The number of nitrogens with one attached hydrogen (secondary N) is 1. The number of fused-ring (bicyclic) bond motifs is 1. The normalized spacial score (nSPS) is 16.4. The molecule has 1 fully saturated rings. The lowest BCUT2D eigenvalue weighted by Crippen LogP contribution is -2.48. The number of benzene rings is 1. The van der Waals surface area contributed by atoms with E-state index in [9.17, 15) is 4.79 Å². The van der Waals surface area contributed by atoms with Crippen molar-refractivity contribution in [3.8, 4) is 0 Å². The van der Waals surface area contributed by atoms with Gasteiger partial charge in [-0.05, 0) is 31.5 Å². The smallest absolute Gasteiger partial charge is 0.256 e. The molecule has 0 saturated carbocycles. The fourth-order valence-corrected chi connectivity index (χ4v) is 3.60. The SMILES string of the molecule is Cc1ccc2cc(C(=O)N3CCNCC3c3cnn(C)c3)c(C)nc2c1.Cl.Cl. The number of pyridine rings is 1. The van der Waals surface area contributed by atoms with Gasteiger partial charge in [-0.15, -0.1) is 24.8 Å². The molecule has 1 aromatic carbocycles. The van der Waals surface area contributed by atoms with Gasteiger partial charge in [-0.2, -0.15) is 5.10 Å². The first-order valence-corrected chi connectivity index (χ1v) is 8.91. The molecule has 6 nitrogen and oxygen atoms in total. The van der Waals surface area contributed by atoms with E-state index in [0.717, 1.165) is 35.2 Å². The van der Waals surface area contributed by atoms with Crippen molar-refractivity contribution in [1.82, 2.24) is 25.0 Å². The lowest BCUT2D eigenvalue weighted by Gasteiger charge is -2.36. The molecular weight excluding hydrogens is 397 g/mol. The Morgan fingerprint density at radius 2 is 2.00 bits per heavy atom. The van der Waals surface area contributed by atoms with Crippen molar-refractivity contribution < 1.29 is 4.79 Å². The molecule has 1 unspecified atom stereocenters. The molecule has 0 aliphatic carbocycles. The van der Waals surface area contributed by atoms with Crippen LogP contribution in [0.2, 0.25) is 0 Å². The summed E-state index contributed by atoms with van der Waals surface area (Å²) in [7, 11) is 1.89. The Bertz CT molecular complexity index is 988. The molecule has 1 aliphatic rings. The summed E-state index contributed by atoms with van der Waals surface area (Å²) >= 11 is 0. The van der Waals surface area contributed by atoms with Crippen LogP contribution < -0.4 is 5.32 Å². The van der Waals surface area contributed by atoms with Crippen molar-refractivity contribution in [2.75, 3.05) is 19.6 Å². The average Bonchev–Trinajstić information content (AvgIpc) is 3.07. The first-order valence-electron chi connectivity index (χ1n) is 8.91. The van der Waals surface area contributed by atoms with Crippen LogP contribution >= 0.6 is 24.8 Å². The minimum atomic E-state index is -0.0157. The Morgan fingerprint density at radius 3 is 2.71 bits per heavy atom. The maximum atomic E-state index is 13.4. The van der Waals surface area contributed by atoms with Crippen molar-refractivity contribution in [2.24, 2.45) is 7.05 Å². The van der Waals surface area contributed by atoms with E-state index in [4.69, 9.17) is 0 Å². The van der Waals surface area contributed by atoms with Crippen LogP contribution in [0, 0.1) is 13.8 Å². The zero-order valence-corrected chi connectivity index (χ0v) is 17.8. The summed E-state index contributed by atoms with van der Waals surface area (Å²) in [6.07, 6.45) is 3.82. The summed E-state index contributed by atoms with van der Waals surface area (Å²) in [5.41, 5.74) is 4.61. The van der Waals surface area contributed by atoms with Gasteiger partial charge in [0.15, 0.2) is 0 Å². The standard InChI is InChI=1S/C20H23N5O.2ClH/c1-13-4-5-15-9-17(14(2)23-18(15)8-13)20(26)25-7-6-21-11-19(25)16-10-22-24(3)12-16;;/h4-5,8-10,12,19,21H,6-7,11H2,1-3H3;2*1H. The van der Waals surface area contributed by atoms with Gasteiger partial charge < -0.3 is 10.2 Å². The molecule has 150 valence electrons. The number of carbonyl (C=O) groups excluding carboxylic acids is 1. The highest BCUT2D eigenvalue weighted by Gasteiger charge is 2.30. The highest BCUT2D eigenvalue weighted by atomic mass is 35.5. The number of aryl methyl sites for hydroxylation is 3. The van der Waals surface area contributed by atoms with Crippen LogP contribution in [-0.2, 0) is 7.05 Å². The first-order chi connectivity index (χ1) is 12.5. The number of rotatable bonds is 2. The second-order valence-electron chi connectivity index (χ2n) is 6.98. The van der Waals surface area contributed by atoms with Crippen molar-refractivity contribution in [1.29, 1.82) is 0 Å². The van der Waals surface area contributed by atoms with Crippen LogP contribution in [0.25, 0.3) is 10.9 Å². The third-order valence-corrected chi connectivity index (χ3v) is 5.01. The Labute approximate surface area is 177 Å². The minimum absolute atomic E-state index is 0. The van der Waals surface area contributed by atoms with Gasteiger partial charge in [0.25, 0.3) is 5.91 Å². The van der Waals surface area contributed by atoms with Crippen molar-refractivity contribution in [2.45, 2.75) is 19.9 Å². The molecule has 28 heavy (non-hydrogen) atoms. The van der Waals surface area contributed by atoms with E-state index in [-0.39, 0.29) is 36.8 Å². The largest absolute Gasteiger partial charge is 0.329 e.